The summed E-state index contributed by atoms with van der Waals surface area (Å²) in [7, 11) is 1.98. The fourth-order valence-electron chi connectivity index (χ4n) is 2.47. The van der Waals surface area contributed by atoms with Crippen LogP contribution in [0.4, 0.5) is 0 Å². The highest BCUT2D eigenvalue weighted by atomic mass is 35.5. The molecule has 6 heteroatoms. The second-order valence-electron chi connectivity index (χ2n) is 5.88. The molecular formula is C18H23Cl3N2O. The lowest BCUT2D eigenvalue weighted by atomic mass is 10.0. The van der Waals surface area contributed by atoms with Crippen LogP contribution < -0.4 is 10.1 Å². The maximum atomic E-state index is 6.26. The Hall–Kier alpha value is -1.00. The van der Waals surface area contributed by atoms with Crippen molar-refractivity contribution < 1.29 is 4.74 Å². The van der Waals surface area contributed by atoms with Gasteiger partial charge in [-0.25, -0.2) is 4.98 Å². The lowest BCUT2D eigenvalue weighted by Gasteiger charge is -2.16. The van der Waals surface area contributed by atoms with Crippen molar-refractivity contribution >= 4 is 36.4 Å². The molecule has 1 saturated carbocycles. The van der Waals surface area contributed by atoms with Gasteiger partial charge in [0.2, 0.25) is 0 Å². The van der Waals surface area contributed by atoms with Crippen molar-refractivity contribution in [1.29, 1.82) is 0 Å². The van der Waals surface area contributed by atoms with Gasteiger partial charge in [0.15, 0.2) is 0 Å². The van der Waals surface area contributed by atoms with Crippen LogP contribution in [0.3, 0.4) is 0 Å². The van der Waals surface area contributed by atoms with Gasteiger partial charge in [-0.2, -0.15) is 0 Å². The Balaban J connectivity index is 0.00000144. The zero-order valence-corrected chi connectivity index (χ0v) is 16.2. The van der Waals surface area contributed by atoms with Crippen molar-refractivity contribution in [2.75, 3.05) is 13.7 Å². The van der Waals surface area contributed by atoms with E-state index in [0.717, 1.165) is 36.1 Å². The van der Waals surface area contributed by atoms with Gasteiger partial charge in [0.25, 0.3) is 0 Å². The molecule has 132 valence electrons. The van der Waals surface area contributed by atoms with E-state index in [-0.39, 0.29) is 30.4 Å². The van der Waals surface area contributed by atoms with Gasteiger partial charge in [0.05, 0.1) is 11.7 Å². The minimum Gasteiger partial charge on any atom is -0.490 e. The molecule has 0 unspecified atom stereocenters. The lowest BCUT2D eigenvalue weighted by molar-refractivity contribution is 0.259. The molecule has 0 bridgehead atoms. The molecule has 0 aliphatic heterocycles. The highest BCUT2D eigenvalue weighted by Gasteiger charge is 2.41. The predicted molar refractivity (Wildman–Crippen MR) is 105 cm³/mol. The molecule has 1 aromatic heterocycles. The summed E-state index contributed by atoms with van der Waals surface area (Å²) in [6.07, 6.45) is 5.05. The van der Waals surface area contributed by atoms with Crippen LogP contribution in [0, 0.1) is 0 Å². The summed E-state index contributed by atoms with van der Waals surface area (Å²) in [5.41, 5.74) is 3.44. The first kappa shape index (κ1) is 21.0. The fraction of sp³-hybridized carbons (Fsp3) is 0.389. The van der Waals surface area contributed by atoms with Gasteiger partial charge in [0, 0.05) is 5.56 Å². The molecule has 1 N–H and O–H groups in total. The van der Waals surface area contributed by atoms with Crippen molar-refractivity contribution in [3.63, 3.8) is 0 Å². The van der Waals surface area contributed by atoms with Gasteiger partial charge >= 0.3 is 0 Å². The molecule has 0 spiro atoms. The van der Waals surface area contributed by atoms with Crippen LogP contribution in [-0.4, -0.2) is 24.2 Å². The van der Waals surface area contributed by atoms with E-state index in [2.05, 4.69) is 41.5 Å². The highest BCUT2D eigenvalue weighted by molar-refractivity contribution is 6.32. The Morgan fingerprint density at radius 3 is 2.42 bits per heavy atom. The van der Waals surface area contributed by atoms with Gasteiger partial charge in [-0.1, -0.05) is 42.8 Å². The summed E-state index contributed by atoms with van der Waals surface area (Å²) in [6.45, 7) is 2.81. The standard InChI is InChI=1S/C18H21ClN2O.2ClH/c1-3-13-4-6-14(7-5-13)16-10-15(11-21-17(16)19)22-12-18(20-2)8-9-18;;/h4-7,10-11,20H,3,8-9,12H2,1-2H3;2*1H. The van der Waals surface area contributed by atoms with Crippen molar-refractivity contribution in [1.82, 2.24) is 10.3 Å². The Bertz CT molecular complexity index is 658. The largest absolute Gasteiger partial charge is 0.490 e. The molecule has 24 heavy (non-hydrogen) atoms. The second-order valence-corrected chi connectivity index (χ2v) is 6.24. The molecule has 1 heterocycles. The first-order chi connectivity index (χ1) is 10.7. The molecule has 0 radical (unpaired) electrons. The summed E-state index contributed by atoms with van der Waals surface area (Å²) < 4.78 is 5.90. The molecule has 1 aromatic carbocycles. The van der Waals surface area contributed by atoms with Gasteiger partial charge in [-0.15, -0.1) is 24.8 Å². The summed E-state index contributed by atoms with van der Waals surface area (Å²) in [4.78, 5) is 4.26. The van der Waals surface area contributed by atoms with E-state index in [4.69, 9.17) is 16.3 Å². The smallest absolute Gasteiger partial charge is 0.138 e. The van der Waals surface area contributed by atoms with E-state index in [1.54, 1.807) is 6.20 Å². The first-order valence-electron chi connectivity index (χ1n) is 7.72. The monoisotopic (exact) mass is 388 g/mol. The Kier molecular flexibility index (Phi) is 7.81. The number of benzene rings is 1. The van der Waals surface area contributed by atoms with Crippen LogP contribution in [0.5, 0.6) is 5.75 Å². The summed E-state index contributed by atoms with van der Waals surface area (Å²) >= 11 is 6.26. The van der Waals surface area contributed by atoms with Crippen molar-refractivity contribution in [2.24, 2.45) is 0 Å². The topological polar surface area (TPSA) is 34.1 Å². The lowest BCUT2D eigenvalue weighted by Crippen LogP contribution is -2.33. The van der Waals surface area contributed by atoms with Crippen molar-refractivity contribution in [3.8, 4) is 16.9 Å². The molecule has 3 rings (SSSR count). The van der Waals surface area contributed by atoms with Crippen molar-refractivity contribution in [2.45, 2.75) is 31.7 Å². The van der Waals surface area contributed by atoms with Gasteiger partial charge in [-0.05, 0) is 43.5 Å². The molecule has 3 nitrogen and oxygen atoms in total. The third-order valence-electron chi connectivity index (χ3n) is 4.39. The fourth-order valence-corrected chi connectivity index (χ4v) is 2.68. The number of hydrogen-bond acceptors (Lipinski definition) is 3. The average Bonchev–Trinajstić information content (AvgIpc) is 3.35. The Labute approximate surface area is 161 Å². The molecular weight excluding hydrogens is 367 g/mol. The third-order valence-corrected chi connectivity index (χ3v) is 4.69. The summed E-state index contributed by atoms with van der Waals surface area (Å²) in [6, 6.07) is 10.4. The normalized spacial score (nSPS) is 14.3. The second kappa shape index (κ2) is 8.91. The SMILES string of the molecule is CCc1ccc(-c2cc(OCC3(NC)CC3)cnc2Cl)cc1.Cl.Cl. The number of aromatic nitrogens is 1. The minimum atomic E-state index is 0. The van der Waals surface area contributed by atoms with Crippen LogP contribution in [0.2, 0.25) is 5.15 Å². The van der Waals surface area contributed by atoms with E-state index in [1.165, 1.54) is 5.56 Å². The first-order valence-corrected chi connectivity index (χ1v) is 8.10. The van der Waals surface area contributed by atoms with E-state index in [9.17, 15) is 0 Å². The molecule has 2 aromatic rings. The number of aryl methyl sites for hydroxylation is 1. The van der Waals surface area contributed by atoms with E-state index in [0.29, 0.717) is 11.8 Å². The Morgan fingerprint density at radius 2 is 1.88 bits per heavy atom. The number of ether oxygens (including phenoxy) is 1. The molecule has 1 fully saturated rings. The zero-order chi connectivity index (χ0) is 15.6. The molecule has 0 atom stereocenters. The van der Waals surface area contributed by atoms with E-state index >= 15 is 0 Å². The molecule has 1 aliphatic carbocycles. The molecule has 0 saturated heterocycles. The van der Waals surface area contributed by atoms with E-state index in [1.807, 2.05) is 13.1 Å². The van der Waals surface area contributed by atoms with Crippen LogP contribution in [0.25, 0.3) is 11.1 Å². The van der Waals surface area contributed by atoms with Crippen LogP contribution in [-0.2, 0) is 6.42 Å². The van der Waals surface area contributed by atoms with Crippen LogP contribution >= 0.6 is 36.4 Å². The third kappa shape index (κ3) is 4.76. The predicted octanol–water partition coefficient (Wildman–Crippen LogP) is 4.94. The number of pyridine rings is 1. The van der Waals surface area contributed by atoms with Crippen LogP contribution in [0.15, 0.2) is 36.5 Å². The number of hydrogen-bond donors (Lipinski definition) is 1. The highest BCUT2D eigenvalue weighted by Crippen LogP contribution is 2.36. The maximum Gasteiger partial charge on any atom is 0.138 e. The minimum absolute atomic E-state index is 0. The van der Waals surface area contributed by atoms with Crippen LogP contribution in [0.1, 0.15) is 25.3 Å². The number of halogens is 3. The number of rotatable bonds is 6. The average molecular weight is 390 g/mol. The molecule has 1 aliphatic rings. The Morgan fingerprint density at radius 1 is 1.21 bits per heavy atom. The number of likely N-dealkylation sites (N-methyl/N-ethyl adjacent to an activating group) is 1. The maximum absolute atomic E-state index is 6.26. The number of nitrogens with one attached hydrogen (secondary N) is 1. The van der Waals surface area contributed by atoms with Crippen molar-refractivity contribution in [3.05, 3.63) is 47.2 Å². The number of nitrogens with zero attached hydrogens (tertiary/aromatic N) is 1. The van der Waals surface area contributed by atoms with Gasteiger partial charge in [0.1, 0.15) is 17.5 Å². The zero-order valence-electron chi connectivity index (χ0n) is 13.8. The summed E-state index contributed by atoms with van der Waals surface area (Å²) in [5.74, 6) is 0.764. The quantitative estimate of drug-likeness (QED) is 0.711. The van der Waals surface area contributed by atoms with E-state index < -0.39 is 0 Å². The summed E-state index contributed by atoms with van der Waals surface area (Å²) in [5, 5.41) is 3.83. The van der Waals surface area contributed by atoms with Gasteiger partial charge < -0.3 is 10.1 Å². The van der Waals surface area contributed by atoms with Gasteiger partial charge in [-0.3, -0.25) is 0 Å². The molecule has 0 amide bonds.